The van der Waals surface area contributed by atoms with Crippen LogP contribution < -0.4 is 5.43 Å². The molecule has 3 nitrogen and oxygen atoms in total. The molecular weight excluding hydrogens is 78.1 g/mol. The maximum absolute atomic E-state index is 2.99. The molecule has 0 spiro atoms. The van der Waals surface area contributed by atoms with Crippen molar-refractivity contribution in [3.8, 4) is 0 Å². The van der Waals surface area contributed by atoms with Gasteiger partial charge >= 0.3 is 0 Å². The Bertz CT molecular complexity index is 48.0. The van der Waals surface area contributed by atoms with Crippen LogP contribution in [0.2, 0.25) is 0 Å². The quantitative estimate of drug-likeness (QED) is 0.426. The van der Waals surface area contributed by atoms with E-state index in [-0.39, 0.29) is 0 Å². The Hall–Kier alpha value is -0.120. The summed E-state index contributed by atoms with van der Waals surface area (Å²) in [7, 11) is 4.00. The van der Waals surface area contributed by atoms with Crippen LogP contribution in [0, 0.1) is 0 Å². The fraction of sp³-hybridized carbons (Fsp3) is 1.00. The maximum Gasteiger partial charge on any atom is 0.0926 e. The zero-order valence-corrected chi connectivity index (χ0v) is 4.10. The summed E-state index contributed by atoms with van der Waals surface area (Å²) in [5, 5.41) is 4.00. The van der Waals surface area contributed by atoms with Gasteiger partial charge in [0.15, 0.2) is 0 Å². The van der Waals surface area contributed by atoms with Crippen molar-refractivity contribution in [3.63, 3.8) is 0 Å². The molecule has 0 saturated carbocycles. The summed E-state index contributed by atoms with van der Waals surface area (Å²) in [4.78, 5) is 0. The fourth-order valence-electron chi connectivity index (χ4n) is 0.314. The Morgan fingerprint density at radius 3 is 2.17 bits per heavy atom. The highest BCUT2D eigenvalue weighted by Crippen LogP contribution is 1.92. The minimum atomic E-state index is 1.01. The monoisotopic (exact) mass is 87.1 g/mol. The van der Waals surface area contributed by atoms with E-state index in [0.717, 1.165) is 6.67 Å². The van der Waals surface area contributed by atoms with Gasteiger partial charge in [-0.2, -0.15) is 5.12 Å². The van der Waals surface area contributed by atoms with Gasteiger partial charge in [0.25, 0.3) is 0 Å². The SMILES string of the molecule is CN(C)N1CN1. The second-order valence-electron chi connectivity index (χ2n) is 1.56. The second kappa shape index (κ2) is 1.18. The molecule has 1 unspecified atom stereocenters. The van der Waals surface area contributed by atoms with Crippen LogP contribution in [0.15, 0.2) is 0 Å². The van der Waals surface area contributed by atoms with Crippen LogP contribution in [0.5, 0.6) is 0 Å². The lowest BCUT2D eigenvalue weighted by Crippen LogP contribution is -2.20. The molecule has 1 rings (SSSR count). The van der Waals surface area contributed by atoms with E-state index in [1.807, 2.05) is 24.2 Å². The summed E-state index contributed by atoms with van der Waals surface area (Å²) >= 11 is 0. The molecule has 1 aliphatic heterocycles. The molecule has 1 atom stereocenters. The largest absolute Gasteiger partial charge is 0.233 e. The molecule has 0 aromatic heterocycles. The normalized spacial score (nSPS) is 31.5. The molecule has 0 aliphatic carbocycles. The lowest BCUT2D eigenvalue weighted by atomic mass is 11.1. The molecule has 1 aliphatic rings. The molecule has 3 heteroatoms. The Labute approximate surface area is 37.5 Å². The van der Waals surface area contributed by atoms with Gasteiger partial charge in [-0.1, -0.05) is 0 Å². The second-order valence-corrected chi connectivity index (χ2v) is 1.56. The summed E-state index contributed by atoms with van der Waals surface area (Å²) in [6.45, 7) is 1.01. The molecule has 0 bridgehead atoms. The maximum atomic E-state index is 2.99. The molecule has 0 amide bonds. The number of nitrogens with zero attached hydrogens (tertiary/aromatic N) is 2. The van der Waals surface area contributed by atoms with E-state index in [1.165, 1.54) is 0 Å². The van der Waals surface area contributed by atoms with Crippen molar-refractivity contribution in [1.82, 2.24) is 15.6 Å². The van der Waals surface area contributed by atoms with E-state index < -0.39 is 0 Å². The highest BCUT2D eigenvalue weighted by Gasteiger charge is 2.16. The number of nitrogens with one attached hydrogen (secondary N) is 1. The fourth-order valence-corrected chi connectivity index (χ4v) is 0.314. The van der Waals surface area contributed by atoms with Crippen LogP contribution in [0.4, 0.5) is 0 Å². The van der Waals surface area contributed by atoms with Gasteiger partial charge in [-0.15, -0.1) is 0 Å². The average molecular weight is 87.1 g/mol. The third kappa shape index (κ3) is 0.680. The predicted molar refractivity (Wildman–Crippen MR) is 23.5 cm³/mol. The molecule has 1 heterocycles. The van der Waals surface area contributed by atoms with Crippen molar-refractivity contribution in [2.45, 2.75) is 0 Å². The van der Waals surface area contributed by atoms with Crippen LogP contribution in [0.25, 0.3) is 0 Å². The van der Waals surface area contributed by atoms with Gasteiger partial charge in [-0.25, -0.2) is 10.4 Å². The Morgan fingerprint density at radius 1 is 1.67 bits per heavy atom. The lowest BCUT2D eigenvalue weighted by Gasteiger charge is -2.04. The van der Waals surface area contributed by atoms with E-state index in [9.17, 15) is 0 Å². The molecule has 0 radical (unpaired) electrons. The first-order valence-electron chi connectivity index (χ1n) is 1.99. The molecular formula is C3H9N3. The van der Waals surface area contributed by atoms with Crippen LogP contribution >= 0.6 is 0 Å². The first-order valence-corrected chi connectivity index (χ1v) is 1.99. The summed E-state index contributed by atoms with van der Waals surface area (Å²) in [5.41, 5.74) is 2.99. The molecule has 0 aromatic rings. The molecule has 1 saturated heterocycles. The minimum absolute atomic E-state index is 1.01. The van der Waals surface area contributed by atoms with Crippen LogP contribution in [0.3, 0.4) is 0 Å². The van der Waals surface area contributed by atoms with Gasteiger partial charge in [0.1, 0.15) is 0 Å². The zero-order chi connectivity index (χ0) is 4.57. The third-order valence-electron chi connectivity index (χ3n) is 0.782. The topological polar surface area (TPSA) is 28.2 Å². The first kappa shape index (κ1) is 4.05. The van der Waals surface area contributed by atoms with Gasteiger partial charge in [-0.3, -0.25) is 0 Å². The van der Waals surface area contributed by atoms with Gasteiger partial charge in [0.05, 0.1) is 6.67 Å². The molecule has 1 N–H and O–H groups in total. The molecule has 1 fully saturated rings. The lowest BCUT2D eigenvalue weighted by molar-refractivity contribution is 0.146. The Kier molecular flexibility index (Phi) is 0.799. The van der Waals surface area contributed by atoms with E-state index in [1.54, 1.807) is 0 Å². The van der Waals surface area contributed by atoms with Gasteiger partial charge in [0, 0.05) is 14.1 Å². The summed E-state index contributed by atoms with van der Waals surface area (Å²) in [6.07, 6.45) is 0. The van der Waals surface area contributed by atoms with E-state index in [4.69, 9.17) is 0 Å². The average Bonchev–Trinajstić information content (AvgIpc) is 2.06. The number of hydrazine groups is 2. The number of hydrogen-bond acceptors (Lipinski definition) is 3. The highest BCUT2D eigenvalue weighted by molar-refractivity contribution is 4.50. The van der Waals surface area contributed by atoms with Crippen molar-refractivity contribution in [2.24, 2.45) is 0 Å². The van der Waals surface area contributed by atoms with Crippen molar-refractivity contribution in [3.05, 3.63) is 0 Å². The zero-order valence-electron chi connectivity index (χ0n) is 4.10. The minimum Gasteiger partial charge on any atom is -0.233 e. The third-order valence-corrected chi connectivity index (χ3v) is 0.782. The van der Waals surface area contributed by atoms with Crippen molar-refractivity contribution >= 4 is 0 Å². The van der Waals surface area contributed by atoms with E-state index >= 15 is 0 Å². The first-order chi connectivity index (χ1) is 2.80. The Balaban J connectivity index is 2.13. The predicted octanol–water partition coefficient (Wildman–Crippen LogP) is -0.759. The van der Waals surface area contributed by atoms with Crippen LogP contribution in [0.1, 0.15) is 0 Å². The van der Waals surface area contributed by atoms with Gasteiger partial charge in [-0.05, 0) is 0 Å². The molecule has 0 aromatic carbocycles. The van der Waals surface area contributed by atoms with Crippen molar-refractivity contribution < 1.29 is 0 Å². The van der Waals surface area contributed by atoms with E-state index in [2.05, 4.69) is 5.43 Å². The van der Waals surface area contributed by atoms with E-state index in [0.29, 0.717) is 0 Å². The summed E-state index contributed by atoms with van der Waals surface area (Å²) in [5.74, 6) is 0. The standard InChI is InChI=1S/C3H9N3/c1-5(2)6-3-4-6/h4H,3H2,1-2H3. The number of rotatable bonds is 1. The summed E-state index contributed by atoms with van der Waals surface area (Å²) in [6, 6.07) is 0. The highest BCUT2D eigenvalue weighted by atomic mass is 15.9. The Morgan fingerprint density at radius 2 is 2.17 bits per heavy atom. The van der Waals surface area contributed by atoms with Crippen LogP contribution in [-0.4, -0.2) is 30.9 Å². The van der Waals surface area contributed by atoms with Crippen LogP contribution in [-0.2, 0) is 0 Å². The molecule has 36 valence electrons. The molecule has 6 heavy (non-hydrogen) atoms. The summed E-state index contributed by atoms with van der Waals surface area (Å²) < 4.78 is 0. The van der Waals surface area contributed by atoms with Crippen molar-refractivity contribution in [1.29, 1.82) is 0 Å². The van der Waals surface area contributed by atoms with Crippen molar-refractivity contribution in [2.75, 3.05) is 20.8 Å². The smallest absolute Gasteiger partial charge is 0.0926 e. The van der Waals surface area contributed by atoms with Gasteiger partial charge in [0.2, 0.25) is 0 Å². The number of hydrogen-bond donors (Lipinski definition) is 1. The van der Waals surface area contributed by atoms with Gasteiger partial charge < -0.3 is 0 Å².